The van der Waals surface area contributed by atoms with E-state index in [1.807, 2.05) is 16.3 Å². The number of carbonyl (C=O) groups is 1. The van der Waals surface area contributed by atoms with Crippen LogP contribution < -0.4 is 5.73 Å². The van der Waals surface area contributed by atoms with Gasteiger partial charge in [-0.1, -0.05) is 0 Å². The van der Waals surface area contributed by atoms with Crippen molar-refractivity contribution in [1.29, 1.82) is 0 Å². The SMILES string of the molecule is Cl.NCC1CCN(C(=O)c2csc(Br)c2)C1. The van der Waals surface area contributed by atoms with Crippen molar-refractivity contribution >= 4 is 45.6 Å². The molecular formula is C10H14BrClN2OS. The zero-order valence-corrected chi connectivity index (χ0v) is 11.9. The Labute approximate surface area is 114 Å². The predicted octanol–water partition coefficient (Wildman–Crippen LogP) is 2.35. The molecular weight excluding hydrogens is 312 g/mol. The highest BCUT2D eigenvalue weighted by Crippen LogP contribution is 2.24. The van der Waals surface area contributed by atoms with Crippen molar-refractivity contribution in [2.75, 3.05) is 19.6 Å². The minimum absolute atomic E-state index is 0. The second kappa shape index (κ2) is 6.00. The smallest absolute Gasteiger partial charge is 0.254 e. The topological polar surface area (TPSA) is 46.3 Å². The van der Waals surface area contributed by atoms with Gasteiger partial charge in [0.15, 0.2) is 0 Å². The average Bonchev–Trinajstić information content (AvgIpc) is 2.84. The van der Waals surface area contributed by atoms with E-state index in [4.69, 9.17) is 5.73 Å². The number of amides is 1. The number of thiophene rings is 1. The Morgan fingerprint density at radius 2 is 2.44 bits per heavy atom. The van der Waals surface area contributed by atoms with Gasteiger partial charge in [-0.15, -0.1) is 23.7 Å². The quantitative estimate of drug-likeness (QED) is 0.907. The summed E-state index contributed by atoms with van der Waals surface area (Å²) in [6.45, 7) is 2.33. The van der Waals surface area contributed by atoms with Gasteiger partial charge in [0.2, 0.25) is 0 Å². The molecule has 2 heterocycles. The minimum Gasteiger partial charge on any atom is -0.338 e. The second-order valence-electron chi connectivity index (χ2n) is 3.78. The highest BCUT2D eigenvalue weighted by molar-refractivity contribution is 9.11. The van der Waals surface area contributed by atoms with Crippen molar-refractivity contribution in [3.63, 3.8) is 0 Å². The van der Waals surface area contributed by atoms with Gasteiger partial charge in [-0.25, -0.2) is 0 Å². The lowest BCUT2D eigenvalue weighted by Crippen LogP contribution is -2.29. The van der Waals surface area contributed by atoms with Crippen molar-refractivity contribution in [1.82, 2.24) is 4.90 Å². The van der Waals surface area contributed by atoms with Crippen LogP contribution in [0.15, 0.2) is 15.2 Å². The molecule has 0 aliphatic carbocycles. The summed E-state index contributed by atoms with van der Waals surface area (Å²) in [6, 6.07) is 1.88. The van der Waals surface area contributed by atoms with Crippen LogP contribution in [0.5, 0.6) is 0 Å². The number of likely N-dealkylation sites (tertiary alicyclic amines) is 1. The van der Waals surface area contributed by atoms with E-state index in [9.17, 15) is 4.79 Å². The number of hydrogen-bond acceptors (Lipinski definition) is 3. The molecule has 1 fully saturated rings. The van der Waals surface area contributed by atoms with Crippen LogP contribution in [0.25, 0.3) is 0 Å². The van der Waals surface area contributed by atoms with Crippen LogP contribution in [0.4, 0.5) is 0 Å². The van der Waals surface area contributed by atoms with Gasteiger partial charge in [-0.2, -0.15) is 0 Å². The number of hydrogen-bond donors (Lipinski definition) is 1. The molecule has 0 saturated carbocycles. The highest BCUT2D eigenvalue weighted by Gasteiger charge is 2.26. The molecule has 90 valence electrons. The van der Waals surface area contributed by atoms with Gasteiger partial charge in [0.1, 0.15) is 0 Å². The van der Waals surface area contributed by atoms with Crippen LogP contribution in [0.1, 0.15) is 16.8 Å². The van der Waals surface area contributed by atoms with Crippen molar-refractivity contribution in [3.8, 4) is 0 Å². The molecule has 0 spiro atoms. The van der Waals surface area contributed by atoms with Gasteiger partial charge in [-0.05, 0) is 40.9 Å². The summed E-state index contributed by atoms with van der Waals surface area (Å²) in [7, 11) is 0. The first kappa shape index (κ1) is 14.0. The molecule has 2 rings (SSSR count). The van der Waals surface area contributed by atoms with Gasteiger partial charge in [-0.3, -0.25) is 4.79 Å². The third kappa shape index (κ3) is 2.97. The van der Waals surface area contributed by atoms with Gasteiger partial charge < -0.3 is 10.6 Å². The first-order valence-electron chi connectivity index (χ1n) is 4.94. The van der Waals surface area contributed by atoms with E-state index in [0.29, 0.717) is 12.5 Å². The Kier molecular flexibility index (Phi) is 5.24. The van der Waals surface area contributed by atoms with Gasteiger partial charge in [0.05, 0.1) is 9.35 Å². The maximum Gasteiger partial charge on any atom is 0.254 e. The second-order valence-corrected chi connectivity index (χ2v) is 6.07. The van der Waals surface area contributed by atoms with Crippen LogP contribution in [-0.2, 0) is 0 Å². The Bertz CT molecular complexity index is 371. The molecule has 1 amide bonds. The molecule has 1 aliphatic heterocycles. The number of nitrogens with zero attached hydrogens (tertiary/aromatic N) is 1. The zero-order chi connectivity index (χ0) is 10.8. The lowest BCUT2D eigenvalue weighted by atomic mass is 10.1. The van der Waals surface area contributed by atoms with Gasteiger partial charge in [0.25, 0.3) is 5.91 Å². The Hall–Kier alpha value is -0.100. The number of halogens is 2. The molecule has 1 unspecified atom stereocenters. The fourth-order valence-corrected chi connectivity index (χ4v) is 2.94. The number of rotatable bonds is 2. The van der Waals surface area contributed by atoms with Gasteiger partial charge in [0, 0.05) is 18.5 Å². The molecule has 16 heavy (non-hydrogen) atoms. The Morgan fingerprint density at radius 3 is 2.94 bits per heavy atom. The summed E-state index contributed by atoms with van der Waals surface area (Å²) in [4.78, 5) is 13.9. The monoisotopic (exact) mass is 324 g/mol. The third-order valence-corrected chi connectivity index (χ3v) is 4.23. The summed E-state index contributed by atoms with van der Waals surface area (Å²) in [5.41, 5.74) is 6.38. The minimum atomic E-state index is 0. The zero-order valence-electron chi connectivity index (χ0n) is 8.69. The first-order valence-corrected chi connectivity index (χ1v) is 6.61. The summed E-state index contributed by atoms with van der Waals surface area (Å²) >= 11 is 4.90. The molecule has 0 aromatic carbocycles. The average molecular weight is 326 g/mol. The van der Waals surface area contributed by atoms with E-state index in [-0.39, 0.29) is 18.3 Å². The first-order chi connectivity index (χ1) is 7.20. The molecule has 1 aliphatic rings. The van der Waals surface area contributed by atoms with Crippen LogP contribution in [0, 0.1) is 5.92 Å². The molecule has 2 N–H and O–H groups in total. The van der Waals surface area contributed by atoms with Crippen molar-refractivity contribution in [2.24, 2.45) is 11.7 Å². The van der Waals surface area contributed by atoms with Crippen LogP contribution in [0.2, 0.25) is 0 Å². The fraction of sp³-hybridized carbons (Fsp3) is 0.500. The lowest BCUT2D eigenvalue weighted by molar-refractivity contribution is 0.0788. The molecule has 0 bridgehead atoms. The van der Waals surface area contributed by atoms with Crippen LogP contribution >= 0.6 is 39.7 Å². The van der Waals surface area contributed by atoms with Crippen LogP contribution in [-0.4, -0.2) is 30.4 Å². The summed E-state index contributed by atoms with van der Waals surface area (Å²) in [5.74, 6) is 0.615. The van der Waals surface area contributed by atoms with E-state index >= 15 is 0 Å². The van der Waals surface area contributed by atoms with Crippen molar-refractivity contribution < 1.29 is 4.79 Å². The molecule has 1 saturated heterocycles. The molecule has 6 heteroatoms. The Balaban J connectivity index is 0.00000128. The van der Waals surface area contributed by atoms with E-state index < -0.39 is 0 Å². The molecule has 1 aromatic heterocycles. The predicted molar refractivity (Wildman–Crippen MR) is 72.3 cm³/mol. The van der Waals surface area contributed by atoms with E-state index in [0.717, 1.165) is 28.9 Å². The van der Waals surface area contributed by atoms with E-state index in [1.54, 1.807) is 11.3 Å². The van der Waals surface area contributed by atoms with E-state index in [2.05, 4.69) is 15.9 Å². The maximum atomic E-state index is 12.0. The number of nitrogens with two attached hydrogens (primary N) is 1. The van der Waals surface area contributed by atoms with Crippen LogP contribution in [0.3, 0.4) is 0 Å². The largest absolute Gasteiger partial charge is 0.338 e. The summed E-state index contributed by atoms with van der Waals surface area (Å²) in [6.07, 6.45) is 1.04. The van der Waals surface area contributed by atoms with Crippen molar-refractivity contribution in [3.05, 3.63) is 20.8 Å². The lowest BCUT2D eigenvalue weighted by Gasteiger charge is -2.15. The van der Waals surface area contributed by atoms with E-state index in [1.165, 1.54) is 0 Å². The van der Waals surface area contributed by atoms with Crippen molar-refractivity contribution in [2.45, 2.75) is 6.42 Å². The molecule has 1 aromatic rings. The normalized spacial score (nSPS) is 19.6. The summed E-state index contributed by atoms with van der Waals surface area (Å²) < 4.78 is 1.00. The summed E-state index contributed by atoms with van der Waals surface area (Å²) in [5, 5.41) is 1.89. The molecule has 0 radical (unpaired) electrons. The maximum absolute atomic E-state index is 12.0. The standard InChI is InChI=1S/C10H13BrN2OS.ClH/c11-9-3-8(6-15-9)10(14)13-2-1-7(4-12)5-13;/h3,6-7H,1-2,4-5,12H2;1H. The fourth-order valence-electron chi connectivity index (χ4n) is 1.81. The molecule has 1 atom stereocenters. The molecule has 3 nitrogen and oxygen atoms in total. The highest BCUT2D eigenvalue weighted by atomic mass is 79.9. The third-order valence-electron chi connectivity index (χ3n) is 2.72. The van der Waals surface area contributed by atoms with Gasteiger partial charge >= 0.3 is 0 Å². The number of carbonyl (C=O) groups excluding carboxylic acids is 1. The Morgan fingerprint density at radius 1 is 1.69 bits per heavy atom.